The van der Waals surface area contributed by atoms with Gasteiger partial charge in [0.05, 0.1) is 36.9 Å². The molecular weight excluding hydrogens is 348 g/mol. The van der Waals surface area contributed by atoms with E-state index >= 15 is 0 Å². The second-order valence-electron chi connectivity index (χ2n) is 6.89. The number of para-hydroxylation sites is 1. The van der Waals surface area contributed by atoms with E-state index in [1.54, 1.807) is 10.5 Å². The van der Waals surface area contributed by atoms with Crippen molar-refractivity contribution in [2.45, 2.75) is 13.5 Å². The molecule has 1 fully saturated rings. The molecule has 0 spiro atoms. The summed E-state index contributed by atoms with van der Waals surface area (Å²) in [5.74, 6) is 0. The molecule has 1 aliphatic heterocycles. The van der Waals surface area contributed by atoms with Crippen molar-refractivity contribution in [3.05, 3.63) is 75.3 Å². The van der Waals surface area contributed by atoms with Gasteiger partial charge in [-0.25, -0.2) is 4.98 Å². The second kappa shape index (κ2) is 7.09. The lowest BCUT2D eigenvalue weighted by molar-refractivity contribution is -0.914. The molecule has 2 aromatic heterocycles. The van der Waals surface area contributed by atoms with Crippen LogP contribution in [0.4, 0.5) is 5.69 Å². The first kappa shape index (κ1) is 17.1. The van der Waals surface area contributed by atoms with Gasteiger partial charge in [-0.2, -0.15) is 0 Å². The van der Waals surface area contributed by atoms with Crippen LogP contribution in [0.1, 0.15) is 11.3 Å². The smallest absolute Gasteiger partial charge is 0.258 e. The average molecular weight is 370 g/mol. The molecule has 1 aliphatic rings. The first-order valence-corrected chi connectivity index (χ1v) is 9.30. The SMILES string of the molecule is Cc1ccc2nc(C[NH+]3CCN(c4ccccc4Cl)CC3)cc(=O)n2c1. The molecular formula is C20H22ClN4O+. The molecule has 3 aromatic rings. The zero-order valence-electron chi connectivity index (χ0n) is 14.8. The summed E-state index contributed by atoms with van der Waals surface area (Å²) in [4.78, 5) is 20.8. The Morgan fingerprint density at radius 3 is 2.69 bits per heavy atom. The Balaban J connectivity index is 1.46. The summed E-state index contributed by atoms with van der Waals surface area (Å²) >= 11 is 6.31. The monoisotopic (exact) mass is 369 g/mol. The van der Waals surface area contributed by atoms with E-state index in [0.717, 1.165) is 54.7 Å². The van der Waals surface area contributed by atoms with Gasteiger partial charge in [-0.05, 0) is 30.7 Å². The third-order valence-electron chi connectivity index (χ3n) is 4.96. The highest BCUT2D eigenvalue weighted by Gasteiger charge is 2.22. The summed E-state index contributed by atoms with van der Waals surface area (Å²) in [6.07, 6.45) is 1.84. The van der Waals surface area contributed by atoms with Crippen LogP contribution in [-0.4, -0.2) is 35.6 Å². The van der Waals surface area contributed by atoms with E-state index in [2.05, 4.69) is 16.0 Å². The summed E-state index contributed by atoms with van der Waals surface area (Å²) in [7, 11) is 0. The van der Waals surface area contributed by atoms with Crippen LogP contribution < -0.4 is 15.4 Å². The van der Waals surface area contributed by atoms with Crippen molar-refractivity contribution < 1.29 is 4.90 Å². The van der Waals surface area contributed by atoms with Crippen molar-refractivity contribution in [1.29, 1.82) is 0 Å². The second-order valence-corrected chi connectivity index (χ2v) is 7.29. The maximum atomic E-state index is 12.4. The highest BCUT2D eigenvalue weighted by atomic mass is 35.5. The highest BCUT2D eigenvalue weighted by molar-refractivity contribution is 6.33. The highest BCUT2D eigenvalue weighted by Crippen LogP contribution is 2.24. The Labute approximate surface area is 157 Å². The van der Waals surface area contributed by atoms with Gasteiger partial charge in [0.15, 0.2) is 0 Å². The van der Waals surface area contributed by atoms with E-state index in [0.29, 0.717) is 5.65 Å². The minimum absolute atomic E-state index is 0.0113. The number of piperazine rings is 1. The maximum Gasteiger partial charge on any atom is 0.258 e. The number of quaternary nitrogens is 1. The minimum atomic E-state index is -0.0113. The number of benzene rings is 1. The van der Waals surface area contributed by atoms with Crippen LogP contribution in [0.3, 0.4) is 0 Å². The lowest BCUT2D eigenvalue weighted by atomic mass is 10.2. The first-order valence-electron chi connectivity index (χ1n) is 8.92. The quantitative estimate of drug-likeness (QED) is 0.762. The molecule has 134 valence electrons. The van der Waals surface area contributed by atoms with Crippen molar-refractivity contribution in [1.82, 2.24) is 9.38 Å². The lowest BCUT2D eigenvalue weighted by Crippen LogP contribution is -3.13. The number of nitrogens with zero attached hydrogens (tertiary/aromatic N) is 3. The Hall–Kier alpha value is -2.37. The van der Waals surface area contributed by atoms with Crippen LogP contribution in [0, 0.1) is 6.92 Å². The predicted molar refractivity (Wildman–Crippen MR) is 104 cm³/mol. The standard InChI is InChI=1S/C20H21ClN4O/c1-15-6-7-19-22-16(12-20(26)25(19)13-15)14-23-8-10-24(11-9-23)18-5-3-2-4-17(18)21/h2-7,12-13H,8-11,14H2,1H3/p+1. The van der Waals surface area contributed by atoms with Crippen LogP contribution in [0.15, 0.2) is 53.5 Å². The van der Waals surface area contributed by atoms with Crippen LogP contribution in [0.2, 0.25) is 5.02 Å². The van der Waals surface area contributed by atoms with Gasteiger partial charge in [-0.1, -0.05) is 29.8 Å². The molecule has 0 radical (unpaired) electrons. The molecule has 0 saturated carbocycles. The fourth-order valence-corrected chi connectivity index (χ4v) is 3.81. The van der Waals surface area contributed by atoms with Crippen LogP contribution in [0.5, 0.6) is 0 Å². The number of fused-ring (bicyclic) bond motifs is 1. The number of aromatic nitrogens is 2. The zero-order valence-corrected chi connectivity index (χ0v) is 15.5. The molecule has 0 unspecified atom stereocenters. The number of nitrogens with one attached hydrogen (secondary N) is 1. The van der Waals surface area contributed by atoms with Crippen molar-refractivity contribution >= 4 is 22.9 Å². The molecule has 6 heteroatoms. The van der Waals surface area contributed by atoms with Gasteiger partial charge in [-0.15, -0.1) is 0 Å². The maximum absolute atomic E-state index is 12.4. The van der Waals surface area contributed by atoms with Crippen LogP contribution >= 0.6 is 11.6 Å². The third kappa shape index (κ3) is 3.45. The number of halogens is 1. The molecule has 0 aliphatic carbocycles. The van der Waals surface area contributed by atoms with Gasteiger partial charge < -0.3 is 9.80 Å². The van der Waals surface area contributed by atoms with E-state index < -0.39 is 0 Å². The molecule has 0 amide bonds. The zero-order chi connectivity index (χ0) is 18.1. The third-order valence-corrected chi connectivity index (χ3v) is 5.27. The van der Waals surface area contributed by atoms with E-state index in [1.165, 1.54) is 4.90 Å². The average Bonchev–Trinajstić information content (AvgIpc) is 2.64. The van der Waals surface area contributed by atoms with E-state index in [9.17, 15) is 4.79 Å². The lowest BCUT2D eigenvalue weighted by Gasteiger charge is -2.34. The summed E-state index contributed by atoms with van der Waals surface area (Å²) in [5.41, 5.74) is 3.72. The number of aryl methyl sites for hydroxylation is 1. The molecule has 26 heavy (non-hydrogen) atoms. The van der Waals surface area contributed by atoms with Crippen molar-refractivity contribution in [2.75, 3.05) is 31.1 Å². The molecule has 0 bridgehead atoms. The Bertz CT molecular complexity index is 993. The Morgan fingerprint density at radius 2 is 1.92 bits per heavy atom. The molecule has 0 atom stereocenters. The van der Waals surface area contributed by atoms with Crippen LogP contribution in [-0.2, 0) is 6.54 Å². The predicted octanol–water partition coefficient (Wildman–Crippen LogP) is 1.56. The molecule has 3 heterocycles. The Kier molecular flexibility index (Phi) is 4.66. The fourth-order valence-electron chi connectivity index (χ4n) is 3.55. The van der Waals surface area contributed by atoms with Gasteiger partial charge in [0.2, 0.25) is 0 Å². The van der Waals surface area contributed by atoms with Crippen molar-refractivity contribution in [2.24, 2.45) is 0 Å². The van der Waals surface area contributed by atoms with Gasteiger partial charge in [0.25, 0.3) is 5.56 Å². The summed E-state index contributed by atoms with van der Waals surface area (Å²) in [6.45, 7) is 6.65. The Morgan fingerprint density at radius 1 is 1.15 bits per heavy atom. The van der Waals surface area contributed by atoms with Gasteiger partial charge in [-0.3, -0.25) is 9.20 Å². The van der Waals surface area contributed by atoms with Gasteiger partial charge in [0, 0.05) is 12.3 Å². The van der Waals surface area contributed by atoms with Crippen LogP contribution in [0.25, 0.3) is 5.65 Å². The number of hydrogen-bond acceptors (Lipinski definition) is 3. The summed E-state index contributed by atoms with van der Waals surface area (Å²) < 4.78 is 1.61. The summed E-state index contributed by atoms with van der Waals surface area (Å²) in [5, 5.41) is 0.801. The number of anilines is 1. The number of pyridine rings is 1. The first-order chi connectivity index (χ1) is 12.6. The van der Waals surface area contributed by atoms with Crippen molar-refractivity contribution in [3.8, 4) is 0 Å². The minimum Gasteiger partial charge on any atom is -0.359 e. The van der Waals surface area contributed by atoms with E-state index in [1.807, 2.05) is 43.5 Å². The van der Waals surface area contributed by atoms with Crippen molar-refractivity contribution in [3.63, 3.8) is 0 Å². The molecule has 4 rings (SSSR count). The molecule has 1 saturated heterocycles. The fraction of sp³-hybridized carbons (Fsp3) is 0.300. The molecule has 1 aromatic carbocycles. The summed E-state index contributed by atoms with van der Waals surface area (Å²) in [6, 6.07) is 13.5. The van der Waals surface area contributed by atoms with Gasteiger partial charge in [0.1, 0.15) is 17.9 Å². The number of rotatable bonds is 3. The normalized spacial score (nSPS) is 15.5. The van der Waals surface area contributed by atoms with E-state index in [4.69, 9.17) is 11.6 Å². The molecule has 5 nitrogen and oxygen atoms in total. The molecule has 1 N–H and O–H groups in total. The largest absolute Gasteiger partial charge is 0.359 e. The van der Waals surface area contributed by atoms with E-state index in [-0.39, 0.29) is 5.56 Å². The van der Waals surface area contributed by atoms with Gasteiger partial charge >= 0.3 is 0 Å². The number of hydrogen-bond donors (Lipinski definition) is 1. The topological polar surface area (TPSA) is 42.0 Å².